The summed E-state index contributed by atoms with van der Waals surface area (Å²) in [5.74, 6) is -0.637. The third-order valence-corrected chi connectivity index (χ3v) is 4.78. The summed E-state index contributed by atoms with van der Waals surface area (Å²) in [6, 6.07) is 6.07. The summed E-state index contributed by atoms with van der Waals surface area (Å²) in [7, 11) is 0. The van der Waals surface area contributed by atoms with Gasteiger partial charge in [-0.05, 0) is 38.3 Å². The minimum absolute atomic E-state index is 0.0944. The molecule has 1 aliphatic rings. The minimum Gasteiger partial charge on any atom is -0.464 e. The number of nitrogens with one attached hydrogen (secondary N) is 1. The van der Waals surface area contributed by atoms with Crippen LogP contribution in [-0.4, -0.2) is 24.0 Å². The molecule has 1 saturated carbocycles. The van der Waals surface area contributed by atoms with Gasteiger partial charge in [0.2, 0.25) is 0 Å². The molecule has 2 aromatic rings. The first-order valence-corrected chi connectivity index (χ1v) is 8.99. The summed E-state index contributed by atoms with van der Waals surface area (Å²) in [6.07, 6.45) is 6.43. The molecule has 0 bridgehead atoms. The lowest BCUT2D eigenvalue weighted by atomic mass is 9.95. The first-order valence-electron chi connectivity index (χ1n) is 8.99. The third-order valence-electron chi connectivity index (χ3n) is 4.78. The maximum absolute atomic E-state index is 12.2. The van der Waals surface area contributed by atoms with E-state index in [4.69, 9.17) is 9.15 Å². The largest absolute Gasteiger partial charge is 0.464 e. The van der Waals surface area contributed by atoms with E-state index < -0.39 is 12.1 Å². The van der Waals surface area contributed by atoms with Gasteiger partial charge in [-0.3, -0.25) is 9.59 Å². The van der Waals surface area contributed by atoms with Gasteiger partial charge in [-0.25, -0.2) is 0 Å². The van der Waals surface area contributed by atoms with Crippen molar-refractivity contribution in [2.45, 2.75) is 64.5 Å². The van der Waals surface area contributed by atoms with Crippen LogP contribution in [0.25, 0.3) is 11.0 Å². The van der Waals surface area contributed by atoms with E-state index in [1.165, 1.54) is 6.42 Å². The van der Waals surface area contributed by atoms with Crippen molar-refractivity contribution in [3.63, 3.8) is 0 Å². The predicted octanol–water partition coefficient (Wildman–Crippen LogP) is 3.66. The Morgan fingerprint density at radius 1 is 1.28 bits per heavy atom. The van der Waals surface area contributed by atoms with Crippen molar-refractivity contribution in [1.29, 1.82) is 0 Å². The quantitative estimate of drug-likeness (QED) is 0.841. The minimum atomic E-state index is -0.783. The maximum atomic E-state index is 12.2. The van der Waals surface area contributed by atoms with Gasteiger partial charge in [0.1, 0.15) is 5.58 Å². The predicted molar refractivity (Wildman–Crippen MR) is 95.2 cm³/mol. The van der Waals surface area contributed by atoms with Gasteiger partial charge in [0.25, 0.3) is 5.91 Å². The van der Waals surface area contributed by atoms with Gasteiger partial charge >= 0.3 is 5.97 Å². The number of esters is 1. The molecule has 1 fully saturated rings. The average molecular weight is 343 g/mol. The number of hydrogen-bond acceptors (Lipinski definition) is 4. The molecule has 1 atom stereocenters. The zero-order valence-corrected chi connectivity index (χ0v) is 14.8. The van der Waals surface area contributed by atoms with Gasteiger partial charge < -0.3 is 14.5 Å². The molecular formula is C20H25NO4. The molecule has 134 valence electrons. The Morgan fingerprint density at radius 3 is 2.80 bits per heavy atom. The molecule has 25 heavy (non-hydrogen) atoms. The standard InChI is InChI=1S/C20H25NO4/c1-13-8-9-17-15(12-24-18(17)10-13)11-19(22)25-14(2)20(23)21-16-6-4-3-5-7-16/h8-10,12,14,16H,3-7,11H2,1-2H3,(H,21,23). The molecule has 1 aromatic heterocycles. The molecule has 1 aromatic carbocycles. The number of furan rings is 1. The molecular weight excluding hydrogens is 318 g/mol. The first kappa shape index (κ1) is 17.5. The number of carbonyl (C=O) groups excluding carboxylic acids is 2. The number of hydrogen-bond donors (Lipinski definition) is 1. The Bertz CT molecular complexity index is 758. The van der Waals surface area contributed by atoms with E-state index in [9.17, 15) is 9.59 Å². The van der Waals surface area contributed by atoms with Crippen molar-refractivity contribution in [3.8, 4) is 0 Å². The van der Waals surface area contributed by atoms with Crippen LogP contribution in [0.5, 0.6) is 0 Å². The fraction of sp³-hybridized carbons (Fsp3) is 0.500. The number of carbonyl (C=O) groups is 2. The summed E-state index contributed by atoms with van der Waals surface area (Å²) >= 11 is 0. The molecule has 1 heterocycles. The second-order valence-electron chi connectivity index (χ2n) is 6.91. The van der Waals surface area contributed by atoms with Crippen molar-refractivity contribution < 1.29 is 18.7 Å². The molecule has 0 aliphatic heterocycles. The van der Waals surface area contributed by atoms with Gasteiger partial charge in [-0.1, -0.05) is 31.4 Å². The highest BCUT2D eigenvalue weighted by Gasteiger charge is 2.22. The van der Waals surface area contributed by atoms with Crippen LogP contribution in [0.15, 0.2) is 28.9 Å². The molecule has 1 N–H and O–H groups in total. The maximum Gasteiger partial charge on any atom is 0.311 e. The zero-order chi connectivity index (χ0) is 17.8. The Kier molecular flexibility index (Phi) is 5.41. The smallest absolute Gasteiger partial charge is 0.311 e. The molecule has 3 rings (SSSR count). The Morgan fingerprint density at radius 2 is 2.04 bits per heavy atom. The number of aryl methyl sites for hydroxylation is 1. The monoisotopic (exact) mass is 343 g/mol. The van der Waals surface area contributed by atoms with Gasteiger partial charge in [0, 0.05) is 17.0 Å². The molecule has 5 nitrogen and oxygen atoms in total. The lowest BCUT2D eigenvalue weighted by Crippen LogP contribution is -2.42. The lowest BCUT2D eigenvalue weighted by Gasteiger charge is -2.24. The van der Waals surface area contributed by atoms with Crippen LogP contribution in [0.4, 0.5) is 0 Å². The van der Waals surface area contributed by atoms with Crippen LogP contribution in [0.2, 0.25) is 0 Å². The Balaban J connectivity index is 1.54. The van der Waals surface area contributed by atoms with Crippen molar-refractivity contribution in [3.05, 3.63) is 35.6 Å². The summed E-state index contributed by atoms with van der Waals surface area (Å²) in [5.41, 5.74) is 2.63. The fourth-order valence-electron chi connectivity index (χ4n) is 3.34. The molecule has 5 heteroatoms. The van der Waals surface area contributed by atoms with Gasteiger partial charge in [-0.2, -0.15) is 0 Å². The SMILES string of the molecule is Cc1ccc2c(CC(=O)OC(C)C(=O)NC3CCCCC3)coc2c1. The number of fused-ring (bicyclic) bond motifs is 1. The van der Waals surface area contributed by atoms with Crippen molar-refractivity contribution in [2.75, 3.05) is 0 Å². The molecule has 0 spiro atoms. The van der Waals surface area contributed by atoms with Crippen LogP contribution in [0, 0.1) is 6.92 Å². The normalized spacial score (nSPS) is 16.6. The van der Waals surface area contributed by atoms with Crippen molar-refractivity contribution >= 4 is 22.8 Å². The Hall–Kier alpha value is -2.30. The number of rotatable bonds is 5. The molecule has 1 unspecified atom stereocenters. The van der Waals surface area contributed by atoms with Gasteiger partial charge in [0.15, 0.2) is 6.10 Å². The molecule has 0 radical (unpaired) electrons. The number of benzene rings is 1. The summed E-state index contributed by atoms with van der Waals surface area (Å²) in [6.45, 7) is 3.61. The average Bonchev–Trinajstić information content (AvgIpc) is 2.97. The second-order valence-corrected chi connectivity index (χ2v) is 6.91. The fourth-order valence-corrected chi connectivity index (χ4v) is 3.34. The lowest BCUT2D eigenvalue weighted by molar-refractivity contribution is -0.154. The van der Waals surface area contributed by atoms with E-state index in [0.29, 0.717) is 0 Å². The third kappa shape index (κ3) is 4.41. The van der Waals surface area contributed by atoms with Crippen molar-refractivity contribution in [2.24, 2.45) is 0 Å². The summed E-state index contributed by atoms with van der Waals surface area (Å²) < 4.78 is 10.8. The van der Waals surface area contributed by atoms with E-state index in [1.54, 1.807) is 13.2 Å². The topological polar surface area (TPSA) is 68.5 Å². The highest BCUT2D eigenvalue weighted by molar-refractivity contribution is 5.88. The van der Waals surface area contributed by atoms with Crippen LogP contribution in [0.1, 0.15) is 50.2 Å². The summed E-state index contributed by atoms with van der Waals surface area (Å²) in [4.78, 5) is 24.4. The molecule has 1 aliphatic carbocycles. The Labute approximate surface area is 147 Å². The summed E-state index contributed by atoms with van der Waals surface area (Å²) in [5, 5.41) is 3.89. The van der Waals surface area contributed by atoms with Gasteiger partial charge in [0.05, 0.1) is 12.7 Å². The van der Waals surface area contributed by atoms with E-state index in [0.717, 1.165) is 47.8 Å². The number of amides is 1. The highest BCUT2D eigenvalue weighted by atomic mass is 16.5. The molecule has 0 saturated heterocycles. The number of ether oxygens (including phenoxy) is 1. The molecule has 1 amide bonds. The van der Waals surface area contributed by atoms with E-state index >= 15 is 0 Å². The van der Waals surface area contributed by atoms with Crippen LogP contribution < -0.4 is 5.32 Å². The first-order chi connectivity index (χ1) is 12.0. The van der Waals surface area contributed by atoms with Crippen LogP contribution >= 0.6 is 0 Å². The zero-order valence-electron chi connectivity index (χ0n) is 14.8. The highest BCUT2D eigenvalue weighted by Crippen LogP contribution is 2.23. The second kappa shape index (κ2) is 7.72. The van der Waals surface area contributed by atoms with Crippen LogP contribution in [0.3, 0.4) is 0 Å². The van der Waals surface area contributed by atoms with E-state index in [-0.39, 0.29) is 18.4 Å². The van der Waals surface area contributed by atoms with Crippen LogP contribution in [-0.2, 0) is 20.7 Å². The van der Waals surface area contributed by atoms with E-state index in [2.05, 4.69) is 5.32 Å². The van der Waals surface area contributed by atoms with Gasteiger partial charge in [-0.15, -0.1) is 0 Å². The van der Waals surface area contributed by atoms with E-state index in [1.807, 2.05) is 25.1 Å². The van der Waals surface area contributed by atoms with Crippen molar-refractivity contribution in [1.82, 2.24) is 5.32 Å².